The Kier molecular flexibility index (Phi) is 4.47. The number of carbonyl (C=O) groups excluding carboxylic acids is 1. The van der Waals surface area contributed by atoms with Gasteiger partial charge in [0.1, 0.15) is 0 Å². The molecule has 4 nitrogen and oxygen atoms in total. The predicted octanol–water partition coefficient (Wildman–Crippen LogP) is 1.44. The highest BCUT2D eigenvalue weighted by molar-refractivity contribution is 5.71. The fourth-order valence-corrected chi connectivity index (χ4v) is 1.02. The van der Waals surface area contributed by atoms with Gasteiger partial charge in [-0.15, -0.1) is 0 Å². The van der Waals surface area contributed by atoms with E-state index in [4.69, 9.17) is 14.2 Å². The summed E-state index contributed by atoms with van der Waals surface area (Å²) in [5.41, 5.74) is 0. The SMILES string of the molecule is CCOC(=O)COc1cc[c]cc1OC. The van der Waals surface area contributed by atoms with Crippen molar-refractivity contribution in [3.05, 3.63) is 24.3 Å². The van der Waals surface area contributed by atoms with Gasteiger partial charge in [-0.25, -0.2) is 4.79 Å². The number of esters is 1. The third kappa shape index (κ3) is 3.50. The van der Waals surface area contributed by atoms with Crippen molar-refractivity contribution in [3.63, 3.8) is 0 Å². The number of carbonyl (C=O) groups is 1. The van der Waals surface area contributed by atoms with Gasteiger partial charge in [0, 0.05) is 0 Å². The molecule has 0 aliphatic heterocycles. The van der Waals surface area contributed by atoms with E-state index in [0.29, 0.717) is 18.1 Å². The molecule has 0 aliphatic carbocycles. The molecule has 81 valence electrons. The average Bonchev–Trinajstić information content (AvgIpc) is 2.27. The maximum absolute atomic E-state index is 11.0. The zero-order valence-electron chi connectivity index (χ0n) is 8.78. The maximum atomic E-state index is 11.0. The monoisotopic (exact) mass is 209 g/mol. The smallest absolute Gasteiger partial charge is 0.344 e. The van der Waals surface area contributed by atoms with E-state index in [9.17, 15) is 4.79 Å². The first-order valence-corrected chi connectivity index (χ1v) is 4.60. The van der Waals surface area contributed by atoms with Gasteiger partial charge >= 0.3 is 5.97 Å². The molecular formula is C11H13O4. The van der Waals surface area contributed by atoms with Crippen LogP contribution in [0.5, 0.6) is 11.5 Å². The number of hydrogen-bond donors (Lipinski definition) is 0. The first kappa shape index (κ1) is 11.4. The van der Waals surface area contributed by atoms with Crippen LogP contribution in [-0.4, -0.2) is 26.3 Å². The second-order valence-corrected chi connectivity index (χ2v) is 2.67. The quantitative estimate of drug-likeness (QED) is 0.688. The van der Waals surface area contributed by atoms with Crippen molar-refractivity contribution >= 4 is 5.97 Å². The van der Waals surface area contributed by atoms with E-state index in [1.807, 2.05) is 0 Å². The van der Waals surface area contributed by atoms with Crippen LogP contribution in [-0.2, 0) is 9.53 Å². The van der Waals surface area contributed by atoms with Gasteiger partial charge in [0.15, 0.2) is 18.1 Å². The fourth-order valence-electron chi connectivity index (χ4n) is 1.02. The topological polar surface area (TPSA) is 44.8 Å². The number of rotatable bonds is 5. The van der Waals surface area contributed by atoms with E-state index in [1.165, 1.54) is 7.11 Å². The molecule has 0 aliphatic rings. The highest BCUT2D eigenvalue weighted by Gasteiger charge is 2.06. The molecule has 1 rings (SSSR count). The minimum atomic E-state index is -0.396. The molecule has 0 aromatic heterocycles. The van der Waals surface area contributed by atoms with Crippen molar-refractivity contribution in [2.24, 2.45) is 0 Å². The lowest BCUT2D eigenvalue weighted by Gasteiger charge is -2.09. The lowest BCUT2D eigenvalue weighted by Crippen LogP contribution is -2.14. The van der Waals surface area contributed by atoms with E-state index < -0.39 is 5.97 Å². The fraction of sp³-hybridized carbons (Fsp3) is 0.364. The molecule has 0 fully saturated rings. The zero-order chi connectivity index (χ0) is 11.1. The summed E-state index contributed by atoms with van der Waals surface area (Å²) in [4.78, 5) is 11.0. The highest BCUT2D eigenvalue weighted by Crippen LogP contribution is 2.25. The van der Waals surface area contributed by atoms with Gasteiger partial charge in [0.05, 0.1) is 13.7 Å². The Hall–Kier alpha value is -1.71. The van der Waals surface area contributed by atoms with Crippen LogP contribution < -0.4 is 9.47 Å². The lowest BCUT2D eigenvalue weighted by molar-refractivity contribution is -0.145. The molecule has 1 aromatic carbocycles. The second-order valence-electron chi connectivity index (χ2n) is 2.67. The van der Waals surface area contributed by atoms with Crippen molar-refractivity contribution in [1.82, 2.24) is 0 Å². The van der Waals surface area contributed by atoms with Gasteiger partial charge in [-0.3, -0.25) is 0 Å². The van der Waals surface area contributed by atoms with E-state index in [1.54, 1.807) is 25.1 Å². The van der Waals surface area contributed by atoms with Crippen LogP contribution in [0.1, 0.15) is 6.92 Å². The number of ether oxygens (including phenoxy) is 3. The largest absolute Gasteiger partial charge is 0.493 e. The molecule has 0 unspecified atom stereocenters. The Balaban J connectivity index is 2.53. The molecule has 0 heterocycles. The summed E-state index contributed by atoms with van der Waals surface area (Å²) in [7, 11) is 1.53. The molecule has 1 radical (unpaired) electrons. The first-order chi connectivity index (χ1) is 7.27. The van der Waals surface area contributed by atoms with Gasteiger partial charge in [0.25, 0.3) is 0 Å². The molecular weight excluding hydrogens is 196 g/mol. The molecule has 1 aromatic rings. The molecule has 0 N–H and O–H groups in total. The summed E-state index contributed by atoms with van der Waals surface area (Å²) in [6.45, 7) is 1.98. The Morgan fingerprint density at radius 1 is 1.47 bits per heavy atom. The van der Waals surface area contributed by atoms with Crippen molar-refractivity contribution in [2.45, 2.75) is 6.92 Å². The van der Waals surface area contributed by atoms with Crippen molar-refractivity contribution in [2.75, 3.05) is 20.3 Å². The first-order valence-electron chi connectivity index (χ1n) is 4.60. The summed E-state index contributed by atoms with van der Waals surface area (Å²) < 4.78 is 15.0. The van der Waals surface area contributed by atoms with Crippen LogP contribution in [0.15, 0.2) is 18.2 Å². The predicted molar refractivity (Wildman–Crippen MR) is 54.0 cm³/mol. The Labute approximate surface area is 88.8 Å². The Morgan fingerprint density at radius 3 is 2.93 bits per heavy atom. The summed E-state index contributed by atoms with van der Waals surface area (Å²) in [5, 5.41) is 0. The minimum absolute atomic E-state index is 0.117. The van der Waals surface area contributed by atoms with Crippen molar-refractivity contribution in [1.29, 1.82) is 0 Å². The van der Waals surface area contributed by atoms with E-state index in [-0.39, 0.29) is 6.61 Å². The third-order valence-electron chi connectivity index (χ3n) is 1.66. The Bertz CT molecular complexity index is 322. The molecule has 0 atom stereocenters. The van der Waals surface area contributed by atoms with Crippen LogP contribution in [0.4, 0.5) is 0 Å². The van der Waals surface area contributed by atoms with Crippen LogP contribution in [0.25, 0.3) is 0 Å². The van der Waals surface area contributed by atoms with Crippen LogP contribution in [0.2, 0.25) is 0 Å². The second kappa shape index (κ2) is 5.90. The van der Waals surface area contributed by atoms with Crippen molar-refractivity contribution < 1.29 is 19.0 Å². The molecule has 0 bridgehead atoms. The lowest BCUT2D eigenvalue weighted by atomic mass is 10.3. The third-order valence-corrected chi connectivity index (χ3v) is 1.66. The Morgan fingerprint density at radius 2 is 2.27 bits per heavy atom. The van der Waals surface area contributed by atoms with E-state index >= 15 is 0 Å². The van der Waals surface area contributed by atoms with Gasteiger partial charge in [-0.05, 0) is 25.1 Å². The summed E-state index contributed by atoms with van der Waals surface area (Å²) in [6, 6.07) is 7.85. The molecule has 4 heteroatoms. The molecule has 0 spiro atoms. The number of hydrogen-bond acceptors (Lipinski definition) is 4. The van der Waals surface area contributed by atoms with E-state index in [0.717, 1.165) is 0 Å². The van der Waals surface area contributed by atoms with Crippen LogP contribution >= 0.6 is 0 Å². The van der Waals surface area contributed by atoms with Gasteiger partial charge < -0.3 is 14.2 Å². The highest BCUT2D eigenvalue weighted by atomic mass is 16.6. The standard InChI is InChI=1S/C11H13O4/c1-3-14-11(12)8-15-10-7-5-4-6-9(10)13-2/h5-7H,3,8H2,1-2H3. The summed E-state index contributed by atoms with van der Waals surface area (Å²) >= 11 is 0. The normalized spacial score (nSPS) is 9.47. The van der Waals surface area contributed by atoms with Gasteiger partial charge in [-0.2, -0.15) is 0 Å². The molecule has 0 saturated heterocycles. The minimum Gasteiger partial charge on any atom is -0.493 e. The van der Waals surface area contributed by atoms with Crippen molar-refractivity contribution in [3.8, 4) is 11.5 Å². The average molecular weight is 209 g/mol. The zero-order valence-corrected chi connectivity index (χ0v) is 8.78. The summed E-state index contributed by atoms with van der Waals surface area (Å²) in [6.07, 6.45) is 0. The number of methoxy groups -OCH3 is 1. The molecule has 0 saturated carbocycles. The van der Waals surface area contributed by atoms with Gasteiger partial charge in [-0.1, -0.05) is 6.07 Å². The summed E-state index contributed by atoms with van der Waals surface area (Å²) in [5.74, 6) is 0.651. The maximum Gasteiger partial charge on any atom is 0.344 e. The van der Waals surface area contributed by atoms with Gasteiger partial charge in [0.2, 0.25) is 0 Å². The molecule has 15 heavy (non-hydrogen) atoms. The molecule has 0 amide bonds. The van der Waals surface area contributed by atoms with Crippen LogP contribution in [0.3, 0.4) is 0 Å². The van der Waals surface area contributed by atoms with E-state index in [2.05, 4.69) is 6.07 Å². The number of benzene rings is 1. The van der Waals surface area contributed by atoms with Crippen LogP contribution in [0, 0.1) is 6.07 Å².